The number of nitrogens with zero attached hydrogens (tertiary/aromatic N) is 1. The number of hydrogen-bond acceptors (Lipinski definition) is 2. The van der Waals surface area contributed by atoms with E-state index < -0.39 is 0 Å². The van der Waals surface area contributed by atoms with Crippen LogP contribution in [0.5, 0.6) is 0 Å². The molecular weight excluding hydrogens is 268 g/mol. The van der Waals surface area contributed by atoms with Crippen LogP contribution in [0.15, 0.2) is 18.2 Å². The minimum Gasteiger partial charge on any atom is -0.326 e. The fraction of sp³-hybridized carbons (Fsp3) is 0.647. The number of nitrogens with two attached hydrogens (primary N) is 1. The predicted octanol–water partition coefficient (Wildman–Crippen LogP) is 4.06. The highest BCUT2D eigenvalue weighted by Crippen LogP contribution is 2.34. The fourth-order valence-corrected chi connectivity index (χ4v) is 3.31. The molecule has 20 heavy (non-hydrogen) atoms. The van der Waals surface area contributed by atoms with E-state index in [1.807, 2.05) is 6.07 Å². The summed E-state index contributed by atoms with van der Waals surface area (Å²) in [7, 11) is 0. The van der Waals surface area contributed by atoms with Crippen LogP contribution in [0.1, 0.15) is 44.7 Å². The monoisotopic (exact) mass is 294 g/mol. The summed E-state index contributed by atoms with van der Waals surface area (Å²) in [5.74, 6) is 0.842. The summed E-state index contributed by atoms with van der Waals surface area (Å²) in [4.78, 5) is 2.52. The van der Waals surface area contributed by atoms with Gasteiger partial charge in [-0.1, -0.05) is 44.5 Å². The Bertz CT molecular complexity index is 443. The van der Waals surface area contributed by atoms with Crippen LogP contribution < -0.4 is 5.73 Å². The predicted molar refractivity (Wildman–Crippen MR) is 86.8 cm³/mol. The second-order valence-electron chi connectivity index (χ2n) is 7.05. The minimum atomic E-state index is 0.437. The summed E-state index contributed by atoms with van der Waals surface area (Å²) < 4.78 is 0. The maximum atomic E-state index is 6.35. The fourth-order valence-electron chi connectivity index (χ4n) is 3.04. The maximum Gasteiger partial charge on any atom is 0.0454 e. The molecule has 0 aromatic heterocycles. The van der Waals surface area contributed by atoms with Crippen molar-refractivity contribution in [1.82, 2.24) is 4.90 Å². The molecule has 3 heteroatoms. The standard InChI is InChI=1S/C17H27ClN2/c1-17(2,3)15-6-8-20(9-7-15)12-14-5-4-13(11-19)10-16(14)18/h4-5,10,15H,6-9,11-12,19H2,1-3H3. The third kappa shape index (κ3) is 3.97. The summed E-state index contributed by atoms with van der Waals surface area (Å²) in [6, 6.07) is 6.21. The molecule has 0 radical (unpaired) electrons. The van der Waals surface area contributed by atoms with Crippen LogP contribution in [0.25, 0.3) is 0 Å². The lowest BCUT2D eigenvalue weighted by Crippen LogP contribution is -2.37. The Hall–Kier alpha value is -0.570. The molecule has 2 N–H and O–H groups in total. The maximum absolute atomic E-state index is 6.35. The summed E-state index contributed by atoms with van der Waals surface area (Å²) >= 11 is 6.35. The van der Waals surface area contributed by atoms with E-state index >= 15 is 0 Å². The second-order valence-corrected chi connectivity index (χ2v) is 7.45. The van der Waals surface area contributed by atoms with Gasteiger partial charge >= 0.3 is 0 Å². The van der Waals surface area contributed by atoms with Crippen molar-refractivity contribution in [2.75, 3.05) is 13.1 Å². The Balaban J connectivity index is 1.93. The molecular formula is C17H27ClN2. The van der Waals surface area contributed by atoms with Gasteiger partial charge in [0.1, 0.15) is 0 Å². The van der Waals surface area contributed by atoms with Gasteiger partial charge in [0.2, 0.25) is 0 Å². The topological polar surface area (TPSA) is 29.3 Å². The summed E-state index contributed by atoms with van der Waals surface area (Å²) in [5, 5.41) is 0.853. The molecule has 1 aliphatic rings. The molecule has 1 aliphatic heterocycles. The van der Waals surface area contributed by atoms with Crippen LogP contribution in [-0.4, -0.2) is 18.0 Å². The second kappa shape index (κ2) is 6.46. The van der Waals surface area contributed by atoms with E-state index in [-0.39, 0.29) is 0 Å². The first-order valence-corrected chi connectivity index (χ1v) is 7.97. The molecule has 0 unspecified atom stereocenters. The Morgan fingerprint density at radius 2 is 1.90 bits per heavy atom. The average molecular weight is 295 g/mol. The quantitative estimate of drug-likeness (QED) is 0.911. The van der Waals surface area contributed by atoms with Gasteiger partial charge in [0.05, 0.1) is 0 Å². The Morgan fingerprint density at radius 1 is 1.25 bits per heavy atom. The Morgan fingerprint density at radius 3 is 2.40 bits per heavy atom. The smallest absolute Gasteiger partial charge is 0.0454 e. The number of halogens is 1. The third-order valence-corrected chi connectivity index (χ3v) is 4.91. The van der Waals surface area contributed by atoms with Gasteiger partial charge in [-0.15, -0.1) is 0 Å². The van der Waals surface area contributed by atoms with Gasteiger partial charge in [-0.25, -0.2) is 0 Å². The lowest BCUT2D eigenvalue weighted by molar-refractivity contribution is 0.108. The van der Waals surface area contributed by atoms with Crippen molar-refractivity contribution in [3.8, 4) is 0 Å². The van der Waals surface area contributed by atoms with Gasteiger partial charge in [-0.3, -0.25) is 4.90 Å². The average Bonchev–Trinajstić information content (AvgIpc) is 2.40. The zero-order chi connectivity index (χ0) is 14.8. The van der Waals surface area contributed by atoms with Gasteiger partial charge in [0, 0.05) is 18.1 Å². The van der Waals surface area contributed by atoms with Crippen molar-refractivity contribution >= 4 is 11.6 Å². The van der Waals surface area contributed by atoms with E-state index in [2.05, 4.69) is 37.8 Å². The molecule has 2 rings (SSSR count). The minimum absolute atomic E-state index is 0.437. The number of rotatable bonds is 3. The molecule has 1 heterocycles. The molecule has 1 saturated heterocycles. The SMILES string of the molecule is CC(C)(C)C1CCN(Cc2ccc(CN)cc2Cl)CC1. The van der Waals surface area contributed by atoms with Gasteiger partial charge in [-0.05, 0) is 54.5 Å². The molecule has 112 valence electrons. The van der Waals surface area contributed by atoms with Crippen molar-refractivity contribution in [2.45, 2.75) is 46.7 Å². The largest absolute Gasteiger partial charge is 0.326 e. The van der Waals surface area contributed by atoms with Crippen LogP contribution in [-0.2, 0) is 13.1 Å². The first-order chi connectivity index (χ1) is 9.40. The van der Waals surface area contributed by atoms with E-state index in [0.29, 0.717) is 12.0 Å². The van der Waals surface area contributed by atoms with E-state index in [4.69, 9.17) is 17.3 Å². The molecule has 1 aromatic rings. The number of hydrogen-bond donors (Lipinski definition) is 1. The molecule has 2 nitrogen and oxygen atoms in total. The molecule has 0 aliphatic carbocycles. The van der Waals surface area contributed by atoms with Crippen molar-refractivity contribution in [3.63, 3.8) is 0 Å². The van der Waals surface area contributed by atoms with Gasteiger partial charge in [0.25, 0.3) is 0 Å². The van der Waals surface area contributed by atoms with Crippen molar-refractivity contribution in [1.29, 1.82) is 0 Å². The normalized spacial score (nSPS) is 18.4. The van der Waals surface area contributed by atoms with E-state index in [9.17, 15) is 0 Å². The van der Waals surface area contributed by atoms with Crippen LogP contribution in [0, 0.1) is 11.3 Å². The molecule has 0 atom stereocenters. The van der Waals surface area contributed by atoms with Crippen molar-refractivity contribution in [3.05, 3.63) is 34.3 Å². The first kappa shape index (κ1) is 15.8. The van der Waals surface area contributed by atoms with Crippen molar-refractivity contribution in [2.24, 2.45) is 17.1 Å². The van der Waals surface area contributed by atoms with Crippen LogP contribution in [0.2, 0.25) is 5.02 Å². The summed E-state index contributed by atoms with van der Waals surface area (Å²) in [6.07, 6.45) is 2.59. The number of likely N-dealkylation sites (tertiary alicyclic amines) is 1. The molecule has 0 bridgehead atoms. The Kier molecular flexibility index (Phi) is 5.11. The molecule has 0 saturated carbocycles. The molecule has 0 amide bonds. The molecule has 1 fully saturated rings. The lowest BCUT2D eigenvalue weighted by atomic mass is 9.75. The summed E-state index contributed by atoms with van der Waals surface area (Å²) in [5.41, 5.74) is 8.40. The zero-order valence-electron chi connectivity index (χ0n) is 13.0. The van der Waals surface area contributed by atoms with Gasteiger partial charge in [-0.2, -0.15) is 0 Å². The number of benzene rings is 1. The van der Waals surface area contributed by atoms with Crippen molar-refractivity contribution < 1.29 is 0 Å². The van der Waals surface area contributed by atoms with Crippen LogP contribution >= 0.6 is 11.6 Å². The van der Waals surface area contributed by atoms with Gasteiger partial charge in [0.15, 0.2) is 0 Å². The van der Waals surface area contributed by atoms with Crippen LogP contribution in [0.3, 0.4) is 0 Å². The van der Waals surface area contributed by atoms with E-state index in [1.165, 1.54) is 31.5 Å². The lowest BCUT2D eigenvalue weighted by Gasteiger charge is -2.38. The first-order valence-electron chi connectivity index (χ1n) is 7.60. The molecule has 1 aromatic carbocycles. The zero-order valence-corrected chi connectivity index (χ0v) is 13.7. The van der Waals surface area contributed by atoms with E-state index in [1.54, 1.807) is 0 Å². The highest BCUT2D eigenvalue weighted by molar-refractivity contribution is 6.31. The Labute approximate surface area is 128 Å². The highest BCUT2D eigenvalue weighted by atomic mass is 35.5. The highest BCUT2D eigenvalue weighted by Gasteiger charge is 2.28. The van der Waals surface area contributed by atoms with E-state index in [0.717, 1.165) is 23.0 Å². The third-order valence-electron chi connectivity index (χ3n) is 4.56. The number of piperidine rings is 1. The molecule has 0 spiro atoms. The summed E-state index contributed by atoms with van der Waals surface area (Å²) in [6.45, 7) is 10.9. The van der Waals surface area contributed by atoms with Crippen LogP contribution in [0.4, 0.5) is 0 Å². The van der Waals surface area contributed by atoms with Gasteiger partial charge < -0.3 is 5.73 Å².